The van der Waals surface area contributed by atoms with Crippen LogP contribution in [0.4, 0.5) is 30.7 Å². The van der Waals surface area contributed by atoms with Gasteiger partial charge >= 0.3 is 6.18 Å². The lowest BCUT2D eigenvalue weighted by molar-refractivity contribution is -0.144. The number of halogens is 7. The van der Waals surface area contributed by atoms with Gasteiger partial charge in [0.15, 0.2) is 5.65 Å². The molecule has 2 N–H and O–H groups in total. The minimum Gasteiger partial charge on any atom is -0.349 e. The fourth-order valence-corrected chi connectivity index (χ4v) is 5.48. The maximum atomic E-state index is 14.0. The van der Waals surface area contributed by atoms with Gasteiger partial charge in [0.2, 0.25) is 11.8 Å². The molecule has 2 aliphatic rings. The average molecular weight is 629 g/mol. The minimum absolute atomic E-state index is 0.0261. The summed E-state index contributed by atoms with van der Waals surface area (Å²) in [6, 6.07) is 3.83. The second-order valence-electron chi connectivity index (χ2n) is 11.7. The first kappa shape index (κ1) is 31.6. The van der Waals surface area contributed by atoms with Crippen LogP contribution in [-0.4, -0.2) is 43.5 Å². The molecule has 15 heteroatoms. The normalized spacial score (nSPS) is 19.0. The Morgan fingerprint density at radius 2 is 1.68 bits per heavy atom. The molecule has 0 aliphatic heterocycles. The molecule has 0 saturated heterocycles. The van der Waals surface area contributed by atoms with Crippen molar-refractivity contribution < 1.29 is 40.3 Å². The Hall–Kier alpha value is -3.78. The third kappa shape index (κ3) is 7.83. The second kappa shape index (κ2) is 12.0. The highest BCUT2D eigenvalue weighted by molar-refractivity contribution is 5.92. The Kier molecular flexibility index (Phi) is 8.60. The second-order valence-corrected chi connectivity index (χ2v) is 11.7. The maximum Gasteiger partial charge on any atom is 0.389 e. The molecular weight excluding hydrogens is 597 g/mol. The Bertz CT molecular complexity index is 1510. The standard InChI is InChI=1S/C29H31F7N6O2/c1-27(30,31)21-4-2-3-19(38-21)26(44)41-25(17-7-10-28(32,33)11-8-17)20-15-42-22(39-20)13-18(14-37-42)24(16-5-6-16)40-23(43)9-12-29(34,35)36/h2-4,13-17,24-25H,5-12H2,1H3,(H,40,43)(H,41,44)/t24?,25-/m0/s1. The lowest BCUT2D eigenvalue weighted by Gasteiger charge is -2.33. The third-order valence-electron chi connectivity index (χ3n) is 8.03. The largest absolute Gasteiger partial charge is 0.389 e. The van der Waals surface area contributed by atoms with Crippen LogP contribution in [0.5, 0.6) is 0 Å². The van der Waals surface area contributed by atoms with E-state index in [1.165, 1.54) is 29.0 Å². The molecule has 0 radical (unpaired) electrons. The molecule has 8 nitrogen and oxygen atoms in total. The summed E-state index contributed by atoms with van der Waals surface area (Å²) in [7, 11) is 0. The van der Waals surface area contributed by atoms with Gasteiger partial charge in [-0.1, -0.05) is 6.07 Å². The number of hydrogen-bond donors (Lipinski definition) is 2. The van der Waals surface area contributed by atoms with Crippen LogP contribution in [0, 0.1) is 11.8 Å². The van der Waals surface area contributed by atoms with E-state index in [-0.39, 0.29) is 24.5 Å². The summed E-state index contributed by atoms with van der Waals surface area (Å²) in [5.74, 6) is -8.07. The van der Waals surface area contributed by atoms with Crippen LogP contribution in [0.2, 0.25) is 0 Å². The molecule has 1 unspecified atom stereocenters. The highest BCUT2D eigenvalue weighted by atomic mass is 19.4. The zero-order chi connectivity index (χ0) is 31.9. The van der Waals surface area contributed by atoms with Crippen molar-refractivity contribution in [3.63, 3.8) is 0 Å². The van der Waals surface area contributed by atoms with Crippen LogP contribution in [-0.2, 0) is 10.7 Å². The van der Waals surface area contributed by atoms with Crippen molar-refractivity contribution in [3.05, 3.63) is 59.3 Å². The predicted molar refractivity (Wildman–Crippen MR) is 143 cm³/mol. The Morgan fingerprint density at radius 3 is 2.32 bits per heavy atom. The first-order valence-corrected chi connectivity index (χ1v) is 14.3. The van der Waals surface area contributed by atoms with Crippen LogP contribution >= 0.6 is 0 Å². The number of alkyl halides is 7. The van der Waals surface area contributed by atoms with Crippen LogP contribution in [0.3, 0.4) is 0 Å². The molecule has 238 valence electrons. The summed E-state index contributed by atoms with van der Waals surface area (Å²) in [6.07, 6.45) is -2.52. The molecule has 2 fully saturated rings. The number of imidazole rings is 1. The van der Waals surface area contributed by atoms with Crippen molar-refractivity contribution in [2.75, 3.05) is 0 Å². The van der Waals surface area contributed by atoms with Gasteiger partial charge in [-0.25, -0.2) is 23.3 Å². The average Bonchev–Trinajstić information content (AvgIpc) is 3.70. The van der Waals surface area contributed by atoms with Crippen LogP contribution < -0.4 is 10.6 Å². The number of hydrogen-bond acceptors (Lipinski definition) is 5. The van der Waals surface area contributed by atoms with Gasteiger partial charge in [0.05, 0.1) is 36.6 Å². The molecule has 5 rings (SSSR count). The summed E-state index contributed by atoms with van der Waals surface area (Å²) in [4.78, 5) is 33.9. The van der Waals surface area contributed by atoms with E-state index >= 15 is 0 Å². The highest BCUT2D eigenvalue weighted by Crippen LogP contribution is 2.43. The zero-order valence-electron chi connectivity index (χ0n) is 23.7. The molecule has 2 saturated carbocycles. The lowest BCUT2D eigenvalue weighted by Crippen LogP contribution is -2.37. The predicted octanol–water partition coefficient (Wildman–Crippen LogP) is 6.44. The van der Waals surface area contributed by atoms with Crippen molar-refractivity contribution in [2.45, 2.75) is 88.4 Å². The number of rotatable bonds is 10. The Labute approximate surface area is 247 Å². The Balaban J connectivity index is 1.41. The highest BCUT2D eigenvalue weighted by Gasteiger charge is 2.40. The molecule has 3 aromatic rings. The first-order valence-electron chi connectivity index (χ1n) is 14.3. The Morgan fingerprint density at radius 1 is 1.00 bits per heavy atom. The molecule has 2 amide bonds. The van der Waals surface area contributed by atoms with E-state index in [4.69, 9.17) is 0 Å². The lowest BCUT2D eigenvalue weighted by atomic mass is 9.81. The van der Waals surface area contributed by atoms with E-state index in [0.29, 0.717) is 23.8 Å². The molecule has 2 aliphatic carbocycles. The summed E-state index contributed by atoms with van der Waals surface area (Å²) in [5.41, 5.74) is 0.273. The SMILES string of the molecule is CC(F)(F)c1cccc(C(=O)N[C@H](c2cn3ncc(C(NC(=O)CCC(F)(F)F)C4CC4)cc3n2)C2CCC(F)(F)CC2)n1. The van der Waals surface area contributed by atoms with E-state index in [2.05, 4.69) is 25.7 Å². The van der Waals surface area contributed by atoms with E-state index in [1.807, 2.05) is 0 Å². The van der Waals surface area contributed by atoms with Crippen LogP contribution in [0.1, 0.15) is 97.8 Å². The number of amides is 2. The number of pyridine rings is 1. The topological polar surface area (TPSA) is 101 Å². The van der Waals surface area contributed by atoms with Gasteiger partial charge in [-0.15, -0.1) is 0 Å². The van der Waals surface area contributed by atoms with Crippen molar-refractivity contribution in [3.8, 4) is 0 Å². The summed E-state index contributed by atoms with van der Waals surface area (Å²) < 4.78 is 94.9. The summed E-state index contributed by atoms with van der Waals surface area (Å²) >= 11 is 0. The maximum absolute atomic E-state index is 14.0. The van der Waals surface area contributed by atoms with Gasteiger partial charge in [-0.05, 0) is 61.3 Å². The molecule has 0 bridgehead atoms. The molecule has 3 heterocycles. The van der Waals surface area contributed by atoms with Gasteiger partial charge in [-0.3, -0.25) is 9.59 Å². The number of carbonyl (C=O) groups is 2. The fraction of sp³-hybridized carbons (Fsp3) is 0.552. The van der Waals surface area contributed by atoms with E-state index in [9.17, 15) is 40.3 Å². The molecule has 0 spiro atoms. The smallest absolute Gasteiger partial charge is 0.349 e. The zero-order valence-corrected chi connectivity index (χ0v) is 23.7. The quantitative estimate of drug-likeness (QED) is 0.252. The summed E-state index contributed by atoms with van der Waals surface area (Å²) in [5, 5.41) is 9.78. The van der Waals surface area contributed by atoms with Crippen molar-refractivity contribution in [1.82, 2.24) is 30.2 Å². The number of fused-ring (bicyclic) bond motifs is 1. The van der Waals surface area contributed by atoms with E-state index in [0.717, 1.165) is 18.9 Å². The molecule has 44 heavy (non-hydrogen) atoms. The molecule has 3 aromatic heterocycles. The van der Waals surface area contributed by atoms with E-state index < -0.39 is 79.2 Å². The van der Waals surface area contributed by atoms with Crippen molar-refractivity contribution in [2.24, 2.45) is 11.8 Å². The van der Waals surface area contributed by atoms with Gasteiger partial charge in [0.1, 0.15) is 11.4 Å². The first-order chi connectivity index (χ1) is 20.6. The monoisotopic (exact) mass is 628 g/mol. The van der Waals surface area contributed by atoms with Crippen molar-refractivity contribution in [1.29, 1.82) is 0 Å². The fourth-order valence-electron chi connectivity index (χ4n) is 5.48. The van der Waals surface area contributed by atoms with Gasteiger partial charge in [0.25, 0.3) is 11.8 Å². The van der Waals surface area contributed by atoms with Gasteiger partial charge in [-0.2, -0.15) is 27.1 Å². The summed E-state index contributed by atoms with van der Waals surface area (Å²) in [6.45, 7) is 0.654. The van der Waals surface area contributed by atoms with E-state index in [1.54, 1.807) is 6.07 Å². The van der Waals surface area contributed by atoms with Gasteiger partial charge in [0, 0.05) is 26.2 Å². The molecule has 2 atom stereocenters. The number of aromatic nitrogens is 4. The molecule has 0 aromatic carbocycles. The van der Waals surface area contributed by atoms with Crippen molar-refractivity contribution >= 4 is 17.5 Å². The third-order valence-corrected chi connectivity index (χ3v) is 8.03. The minimum atomic E-state index is -4.46. The molecular formula is C29H31F7N6O2. The number of nitrogens with zero attached hydrogens (tertiary/aromatic N) is 4. The van der Waals surface area contributed by atoms with Gasteiger partial charge < -0.3 is 10.6 Å². The van der Waals surface area contributed by atoms with Crippen LogP contribution in [0.15, 0.2) is 36.7 Å². The number of nitrogens with one attached hydrogen (secondary N) is 2. The van der Waals surface area contributed by atoms with Crippen LogP contribution in [0.25, 0.3) is 5.65 Å². The number of carbonyl (C=O) groups excluding carboxylic acids is 2.